The van der Waals surface area contributed by atoms with Crippen molar-refractivity contribution in [3.63, 3.8) is 0 Å². The van der Waals surface area contributed by atoms with Crippen LogP contribution in [-0.4, -0.2) is 38.2 Å². The van der Waals surface area contributed by atoms with Gasteiger partial charge in [-0.05, 0) is 19.1 Å². The number of benzene rings is 1. The number of para-hydroxylation sites is 1. The molecule has 3 aromatic rings. The maximum atomic E-state index is 13.8. The molecule has 1 fully saturated rings. The van der Waals surface area contributed by atoms with Gasteiger partial charge in [-0.3, -0.25) is 5.10 Å². The van der Waals surface area contributed by atoms with Gasteiger partial charge < -0.3 is 4.90 Å². The maximum Gasteiger partial charge on any atom is 0.157 e. The van der Waals surface area contributed by atoms with Crippen molar-refractivity contribution in [1.29, 1.82) is 0 Å². The molecule has 0 amide bonds. The maximum absolute atomic E-state index is 13.8. The normalized spacial score (nSPS) is 15.4. The molecule has 21 heavy (non-hydrogen) atoms. The number of fused-ring (bicyclic) bond motifs is 1. The number of halogens is 1. The van der Waals surface area contributed by atoms with Crippen molar-refractivity contribution in [3.05, 3.63) is 42.0 Å². The molecule has 1 saturated heterocycles. The topological polar surface area (TPSA) is 70.6 Å². The zero-order valence-corrected chi connectivity index (χ0v) is 11.4. The minimum Gasteiger partial charge on any atom is -0.354 e. The second kappa shape index (κ2) is 4.47. The Kier molecular flexibility index (Phi) is 2.60. The molecule has 2 aromatic heterocycles. The van der Waals surface area contributed by atoms with Crippen LogP contribution in [0.5, 0.6) is 0 Å². The molecule has 106 valence electrons. The predicted molar refractivity (Wildman–Crippen MR) is 75.6 cm³/mol. The average Bonchev–Trinajstić information content (AvgIpc) is 2.84. The van der Waals surface area contributed by atoms with Gasteiger partial charge in [-0.25, -0.2) is 19.3 Å². The number of aromatic nitrogens is 5. The summed E-state index contributed by atoms with van der Waals surface area (Å²) in [5.41, 5.74) is 0.361. The summed E-state index contributed by atoms with van der Waals surface area (Å²) < 4.78 is 13.8. The number of aromatic amines is 1. The molecule has 0 atom stereocenters. The van der Waals surface area contributed by atoms with E-state index in [9.17, 15) is 4.39 Å². The fourth-order valence-corrected chi connectivity index (χ4v) is 2.65. The summed E-state index contributed by atoms with van der Waals surface area (Å²) >= 11 is 0. The highest BCUT2D eigenvalue weighted by Gasteiger charge is 2.33. The van der Waals surface area contributed by atoms with Gasteiger partial charge >= 0.3 is 0 Å². The largest absolute Gasteiger partial charge is 0.354 e. The van der Waals surface area contributed by atoms with Crippen molar-refractivity contribution in [1.82, 2.24) is 25.1 Å². The molecule has 1 aromatic carbocycles. The number of hydrogen-bond donors (Lipinski definition) is 1. The third-order valence-corrected chi connectivity index (χ3v) is 3.76. The van der Waals surface area contributed by atoms with Crippen LogP contribution >= 0.6 is 0 Å². The van der Waals surface area contributed by atoms with Gasteiger partial charge in [0.05, 0.1) is 5.92 Å². The van der Waals surface area contributed by atoms with E-state index in [-0.39, 0.29) is 11.7 Å². The van der Waals surface area contributed by atoms with Gasteiger partial charge in [0.25, 0.3) is 0 Å². The molecule has 1 N–H and O–H groups in total. The predicted octanol–water partition coefficient (Wildman–Crippen LogP) is 1.80. The van der Waals surface area contributed by atoms with E-state index in [1.165, 1.54) is 12.4 Å². The summed E-state index contributed by atoms with van der Waals surface area (Å²) in [6, 6.07) is 4.94. The number of aryl methyl sites for hydroxylation is 1. The molecule has 1 aliphatic rings. The van der Waals surface area contributed by atoms with Crippen molar-refractivity contribution in [3.8, 4) is 0 Å². The minimum atomic E-state index is -0.321. The van der Waals surface area contributed by atoms with Gasteiger partial charge in [-0.2, -0.15) is 5.10 Å². The van der Waals surface area contributed by atoms with E-state index >= 15 is 0 Å². The lowest BCUT2D eigenvalue weighted by atomic mass is 9.99. The number of anilines is 1. The third-order valence-electron chi connectivity index (χ3n) is 3.76. The summed E-state index contributed by atoms with van der Waals surface area (Å²) in [7, 11) is 0. The quantitative estimate of drug-likeness (QED) is 0.777. The number of nitrogens with zero attached hydrogens (tertiary/aromatic N) is 5. The lowest BCUT2D eigenvalue weighted by Crippen LogP contribution is -2.46. The first kappa shape index (κ1) is 12.2. The Bertz CT molecular complexity index is 808. The second-order valence-electron chi connectivity index (χ2n) is 5.21. The van der Waals surface area contributed by atoms with Gasteiger partial charge in [0.2, 0.25) is 0 Å². The molecule has 4 rings (SSSR count). The van der Waals surface area contributed by atoms with Gasteiger partial charge in [-0.1, -0.05) is 6.07 Å². The molecule has 7 heteroatoms. The van der Waals surface area contributed by atoms with E-state index < -0.39 is 0 Å². The number of rotatable bonds is 2. The lowest BCUT2D eigenvalue weighted by molar-refractivity contribution is 0.499. The van der Waals surface area contributed by atoms with Crippen LogP contribution < -0.4 is 4.90 Å². The lowest BCUT2D eigenvalue weighted by Gasteiger charge is -2.39. The fraction of sp³-hybridized carbons (Fsp3) is 0.286. The molecule has 0 saturated carbocycles. The zero-order chi connectivity index (χ0) is 14.4. The first-order valence-corrected chi connectivity index (χ1v) is 6.75. The van der Waals surface area contributed by atoms with Crippen LogP contribution in [0, 0.1) is 12.7 Å². The van der Waals surface area contributed by atoms with Crippen LogP contribution in [0.2, 0.25) is 0 Å². The SMILES string of the molecule is Cc1nc(C2CN(c3ncnc4c(F)cccc34)C2)n[nH]1. The van der Waals surface area contributed by atoms with Crippen LogP contribution in [0.4, 0.5) is 10.2 Å². The molecule has 3 heterocycles. The molecule has 0 aliphatic carbocycles. The third kappa shape index (κ3) is 1.93. The molecular formula is C14H13FN6. The first-order valence-electron chi connectivity index (χ1n) is 6.75. The molecule has 0 bridgehead atoms. The monoisotopic (exact) mass is 284 g/mol. The van der Waals surface area contributed by atoms with Gasteiger partial charge in [0.15, 0.2) is 5.82 Å². The summed E-state index contributed by atoms with van der Waals surface area (Å²) in [6.07, 6.45) is 1.41. The molecule has 0 unspecified atom stereocenters. The molecule has 6 nitrogen and oxygen atoms in total. The highest BCUT2D eigenvalue weighted by molar-refractivity contribution is 5.90. The summed E-state index contributed by atoms with van der Waals surface area (Å²) in [6.45, 7) is 3.44. The highest BCUT2D eigenvalue weighted by atomic mass is 19.1. The van der Waals surface area contributed by atoms with Crippen molar-refractivity contribution in [2.75, 3.05) is 18.0 Å². The van der Waals surface area contributed by atoms with Gasteiger partial charge in [0, 0.05) is 18.5 Å². The van der Waals surface area contributed by atoms with Gasteiger partial charge in [-0.15, -0.1) is 0 Å². The zero-order valence-electron chi connectivity index (χ0n) is 11.4. The number of nitrogens with one attached hydrogen (secondary N) is 1. The van der Waals surface area contributed by atoms with Gasteiger partial charge in [0.1, 0.15) is 29.3 Å². The smallest absolute Gasteiger partial charge is 0.157 e. The fourth-order valence-electron chi connectivity index (χ4n) is 2.65. The average molecular weight is 284 g/mol. The Labute approximate surface area is 120 Å². The van der Waals surface area contributed by atoms with E-state index in [0.29, 0.717) is 5.52 Å². The van der Waals surface area contributed by atoms with Crippen molar-refractivity contribution >= 4 is 16.7 Å². The van der Waals surface area contributed by atoms with Crippen LogP contribution in [0.1, 0.15) is 17.6 Å². The van der Waals surface area contributed by atoms with Crippen molar-refractivity contribution in [2.45, 2.75) is 12.8 Å². The molecule has 0 radical (unpaired) electrons. The minimum absolute atomic E-state index is 0.286. The summed E-state index contributed by atoms with van der Waals surface area (Å²) in [5.74, 6) is 2.38. The molecular weight excluding hydrogens is 271 g/mol. The van der Waals surface area contributed by atoms with Crippen molar-refractivity contribution < 1.29 is 4.39 Å². The van der Waals surface area contributed by atoms with E-state index in [0.717, 1.165) is 35.9 Å². The van der Waals surface area contributed by atoms with E-state index in [1.54, 1.807) is 6.07 Å². The first-order chi connectivity index (χ1) is 10.2. The Morgan fingerprint density at radius 1 is 1.29 bits per heavy atom. The van der Waals surface area contributed by atoms with Crippen LogP contribution in [-0.2, 0) is 0 Å². The van der Waals surface area contributed by atoms with E-state index in [1.807, 2.05) is 13.0 Å². The summed E-state index contributed by atoms with van der Waals surface area (Å²) in [5, 5.41) is 7.78. The Hall–Kier alpha value is -2.57. The number of hydrogen-bond acceptors (Lipinski definition) is 5. The Morgan fingerprint density at radius 2 is 2.14 bits per heavy atom. The van der Waals surface area contributed by atoms with Crippen molar-refractivity contribution in [2.24, 2.45) is 0 Å². The molecule has 0 spiro atoms. The number of H-pyrrole nitrogens is 1. The second-order valence-corrected chi connectivity index (χ2v) is 5.21. The van der Waals surface area contributed by atoms with E-state index in [2.05, 4.69) is 30.0 Å². The standard InChI is InChI=1S/C14H13FN6/c1-8-18-13(20-19-8)9-5-21(6-9)14-10-3-2-4-11(15)12(10)16-7-17-14/h2-4,7,9H,5-6H2,1H3,(H,18,19,20). The Morgan fingerprint density at radius 3 is 2.90 bits per heavy atom. The highest BCUT2D eigenvalue weighted by Crippen LogP contribution is 2.32. The van der Waals surface area contributed by atoms with Crippen LogP contribution in [0.15, 0.2) is 24.5 Å². The Balaban J connectivity index is 1.63. The van der Waals surface area contributed by atoms with E-state index in [4.69, 9.17) is 0 Å². The summed E-state index contributed by atoms with van der Waals surface area (Å²) in [4.78, 5) is 14.8. The molecule has 1 aliphatic heterocycles. The van der Waals surface area contributed by atoms with Crippen LogP contribution in [0.3, 0.4) is 0 Å². The van der Waals surface area contributed by atoms with Crippen LogP contribution in [0.25, 0.3) is 10.9 Å².